The van der Waals surface area contributed by atoms with Gasteiger partial charge in [-0.2, -0.15) is 0 Å². The molecule has 24 heavy (non-hydrogen) atoms. The lowest BCUT2D eigenvalue weighted by Crippen LogP contribution is -2.35. The van der Waals surface area contributed by atoms with Crippen molar-refractivity contribution >= 4 is 18.3 Å². The Bertz CT molecular complexity index is 581. The fourth-order valence-electron chi connectivity index (χ4n) is 3.91. The van der Waals surface area contributed by atoms with E-state index >= 15 is 0 Å². The van der Waals surface area contributed by atoms with Crippen molar-refractivity contribution in [3.63, 3.8) is 0 Å². The van der Waals surface area contributed by atoms with Gasteiger partial charge in [-0.1, -0.05) is 6.07 Å². The van der Waals surface area contributed by atoms with Gasteiger partial charge in [0.1, 0.15) is 0 Å². The molecule has 0 radical (unpaired) electrons. The van der Waals surface area contributed by atoms with Gasteiger partial charge >= 0.3 is 0 Å². The van der Waals surface area contributed by atoms with Gasteiger partial charge in [-0.15, -0.1) is 12.4 Å². The molecule has 1 heterocycles. The Morgan fingerprint density at radius 1 is 1.17 bits per heavy atom. The maximum absolute atomic E-state index is 12.9. The van der Waals surface area contributed by atoms with Crippen LogP contribution in [0.5, 0.6) is 11.5 Å². The number of hydrogen-bond donors (Lipinski definition) is 1. The standard InChI is InChI=1S/C18H26N2O3.ClH/c1-22-16-8-6-12(11-17(16)23-2)15-4-3-9-20(15)18(21)13-5-7-14(19)10-13;/h6,8,11,13-15H,3-5,7,9-10,19H2,1-2H3;1H. The van der Waals surface area contributed by atoms with Crippen LogP contribution in [0.3, 0.4) is 0 Å². The molecule has 1 amide bonds. The number of methoxy groups -OCH3 is 2. The number of rotatable bonds is 4. The molecular weight excluding hydrogens is 328 g/mol. The summed E-state index contributed by atoms with van der Waals surface area (Å²) in [6.07, 6.45) is 4.76. The first kappa shape index (κ1) is 18.9. The zero-order valence-electron chi connectivity index (χ0n) is 14.4. The highest BCUT2D eigenvalue weighted by molar-refractivity contribution is 5.85. The molecule has 3 unspecified atom stereocenters. The molecule has 2 N–H and O–H groups in total. The van der Waals surface area contributed by atoms with E-state index in [9.17, 15) is 4.79 Å². The molecule has 1 aliphatic carbocycles. The van der Waals surface area contributed by atoms with Crippen LogP contribution in [0.4, 0.5) is 0 Å². The smallest absolute Gasteiger partial charge is 0.226 e. The lowest BCUT2D eigenvalue weighted by molar-refractivity contribution is -0.136. The molecule has 2 aliphatic rings. The molecule has 1 saturated carbocycles. The highest BCUT2D eigenvalue weighted by atomic mass is 35.5. The van der Waals surface area contributed by atoms with Gasteiger partial charge in [0.15, 0.2) is 11.5 Å². The topological polar surface area (TPSA) is 64.8 Å². The van der Waals surface area contributed by atoms with Gasteiger partial charge < -0.3 is 20.1 Å². The van der Waals surface area contributed by atoms with Gasteiger partial charge in [0.05, 0.1) is 20.3 Å². The molecule has 0 spiro atoms. The fraction of sp³-hybridized carbons (Fsp3) is 0.611. The average molecular weight is 355 g/mol. The van der Waals surface area contributed by atoms with Gasteiger partial charge in [0.2, 0.25) is 5.91 Å². The van der Waals surface area contributed by atoms with Gasteiger partial charge in [0.25, 0.3) is 0 Å². The first-order valence-corrected chi connectivity index (χ1v) is 8.42. The van der Waals surface area contributed by atoms with E-state index in [0.717, 1.165) is 44.2 Å². The first-order chi connectivity index (χ1) is 11.1. The van der Waals surface area contributed by atoms with Crippen molar-refractivity contribution in [1.29, 1.82) is 0 Å². The van der Waals surface area contributed by atoms with Gasteiger partial charge in [0, 0.05) is 18.5 Å². The summed E-state index contributed by atoms with van der Waals surface area (Å²) < 4.78 is 10.7. The van der Waals surface area contributed by atoms with E-state index in [4.69, 9.17) is 15.2 Å². The van der Waals surface area contributed by atoms with Crippen molar-refractivity contribution in [2.24, 2.45) is 11.7 Å². The number of nitrogens with two attached hydrogens (primary N) is 1. The van der Waals surface area contributed by atoms with Crippen LogP contribution >= 0.6 is 12.4 Å². The molecule has 134 valence electrons. The molecular formula is C18H27ClN2O3. The Kier molecular flexibility index (Phi) is 6.35. The minimum atomic E-state index is 0. The zero-order chi connectivity index (χ0) is 16.4. The number of hydrogen-bond acceptors (Lipinski definition) is 4. The third-order valence-electron chi connectivity index (χ3n) is 5.15. The number of likely N-dealkylation sites (tertiary alicyclic amines) is 1. The number of amides is 1. The number of benzene rings is 1. The van der Waals surface area contributed by atoms with Crippen molar-refractivity contribution in [3.05, 3.63) is 23.8 Å². The summed E-state index contributed by atoms with van der Waals surface area (Å²) in [5, 5.41) is 0. The van der Waals surface area contributed by atoms with Crippen LogP contribution < -0.4 is 15.2 Å². The SMILES string of the molecule is COc1ccc(C2CCCN2C(=O)C2CCC(N)C2)cc1OC.Cl. The highest BCUT2D eigenvalue weighted by Crippen LogP contribution is 2.39. The van der Waals surface area contributed by atoms with Gasteiger partial charge in [-0.25, -0.2) is 0 Å². The van der Waals surface area contributed by atoms with Crippen LogP contribution in [-0.4, -0.2) is 37.6 Å². The summed E-state index contributed by atoms with van der Waals surface area (Å²) in [6.45, 7) is 0.837. The molecule has 0 bridgehead atoms. The Labute approximate surface area is 149 Å². The summed E-state index contributed by atoms with van der Waals surface area (Å²) in [6, 6.07) is 6.28. The highest BCUT2D eigenvalue weighted by Gasteiger charge is 2.36. The maximum Gasteiger partial charge on any atom is 0.226 e. The van der Waals surface area contributed by atoms with E-state index in [0.29, 0.717) is 11.5 Å². The third-order valence-corrected chi connectivity index (χ3v) is 5.15. The van der Waals surface area contributed by atoms with E-state index in [1.165, 1.54) is 0 Å². The molecule has 1 aliphatic heterocycles. The monoisotopic (exact) mass is 354 g/mol. The van der Waals surface area contributed by atoms with E-state index in [1.807, 2.05) is 23.1 Å². The number of nitrogens with zero attached hydrogens (tertiary/aromatic N) is 1. The van der Waals surface area contributed by atoms with Crippen molar-refractivity contribution in [2.75, 3.05) is 20.8 Å². The Hall–Kier alpha value is -1.46. The van der Waals surface area contributed by atoms with Crippen LogP contribution in [0.25, 0.3) is 0 Å². The summed E-state index contributed by atoms with van der Waals surface area (Å²) in [5.74, 6) is 1.81. The van der Waals surface area contributed by atoms with Crippen LogP contribution in [-0.2, 0) is 4.79 Å². The predicted molar refractivity (Wildman–Crippen MR) is 95.8 cm³/mol. The van der Waals surface area contributed by atoms with Crippen LogP contribution in [0, 0.1) is 5.92 Å². The normalized spacial score (nSPS) is 26.1. The molecule has 1 aromatic rings. The Morgan fingerprint density at radius 2 is 1.92 bits per heavy atom. The average Bonchev–Trinajstić information content (AvgIpc) is 3.22. The number of ether oxygens (including phenoxy) is 2. The van der Waals surface area contributed by atoms with E-state index in [-0.39, 0.29) is 36.3 Å². The lowest BCUT2D eigenvalue weighted by atomic mass is 10.0. The summed E-state index contributed by atoms with van der Waals surface area (Å²) >= 11 is 0. The van der Waals surface area contributed by atoms with Crippen molar-refractivity contribution in [2.45, 2.75) is 44.2 Å². The van der Waals surface area contributed by atoms with E-state index in [2.05, 4.69) is 0 Å². The van der Waals surface area contributed by atoms with Crippen molar-refractivity contribution in [1.82, 2.24) is 4.90 Å². The van der Waals surface area contributed by atoms with Gasteiger partial charge in [-0.3, -0.25) is 4.79 Å². The van der Waals surface area contributed by atoms with E-state index in [1.54, 1.807) is 14.2 Å². The van der Waals surface area contributed by atoms with Crippen molar-refractivity contribution < 1.29 is 14.3 Å². The van der Waals surface area contributed by atoms with Crippen LogP contribution in [0.1, 0.15) is 43.7 Å². The number of halogens is 1. The maximum atomic E-state index is 12.9. The molecule has 0 aromatic heterocycles. The van der Waals surface area contributed by atoms with Crippen LogP contribution in [0.15, 0.2) is 18.2 Å². The Balaban J connectivity index is 0.00000208. The molecule has 6 heteroatoms. The molecule has 5 nitrogen and oxygen atoms in total. The summed E-state index contributed by atoms with van der Waals surface area (Å²) in [7, 11) is 3.27. The molecule has 3 rings (SSSR count). The first-order valence-electron chi connectivity index (χ1n) is 8.42. The van der Waals surface area contributed by atoms with Crippen LogP contribution in [0.2, 0.25) is 0 Å². The van der Waals surface area contributed by atoms with E-state index < -0.39 is 0 Å². The zero-order valence-corrected chi connectivity index (χ0v) is 15.2. The molecule has 2 fully saturated rings. The number of carbonyl (C=O) groups excluding carboxylic acids is 1. The third kappa shape index (κ3) is 3.62. The Morgan fingerprint density at radius 3 is 2.54 bits per heavy atom. The minimum Gasteiger partial charge on any atom is -0.493 e. The fourth-order valence-corrected chi connectivity index (χ4v) is 3.91. The largest absolute Gasteiger partial charge is 0.493 e. The lowest BCUT2D eigenvalue weighted by Gasteiger charge is -2.28. The summed E-state index contributed by atoms with van der Waals surface area (Å²) in [4.78, 5) is 14.9. The molecule has 3 atom stereocenters. The number of carbonyl (C=O) groups is 1. The predicted octanol–water partition coefficient (Wildman–Crippen LogP) is 2.92. The van der Waals surface area contributed by atoms with Crippen molar-refractivity contribution in [3.8, 4) is 11.5 Å². The quantitative estimate of drug-likeness (QED) is 0.902. The minimum absolute atomic E-state index is 0. The second-order valence-electron chi connectivity index (χ2n) is 6.57. The summed E-state index contributed by atoms with van der Waals surface area (Å²) in [5.41, 5.74) is 7.10. The van der Waals surface area contributed by atoms with Gasteiger partial charge in [-0.05, 0) is 49.8 Å². The second-order valence-corrected chi connectivity index (χ2v) is 6.57. The second kappa shape index (κ2) is 8.08. The molecule has 1 saturated heterocycles. The molecule has 1 aromatic carbocycles.